The number of benzene rings is 2. The topological polar surface area (TPSA) is 20.3 Å². The zero-order valence-corrected chi connectivity index (χ0v) is 12.8. The number of nitrogens with zero attached hydrogens (tertiary/aromatic N) is 1. The Bertz CT molecular complexity index is 651. The fourth-order valence-electron chi connectivity index (χ4n) is 2.49. The van der Waals surface area contributed by atoms with Gasteiger partial charge in [0.05, 0.1) is 5.56 Å². The normalized spacial score (nSPS) is 13.5. The summed E-state index contributed by atoms with van der Waals surface area (Å²) in [7, 11) is 0. The number of amides is 1. The second-order valence-electron chi connectivity index (χ2n) is 4.82. The molecule has 0 saturated carbocycles. The van der Waals surface area contributed by atoms with Crippen molar-refractivity contribution in [3.05, 3.63) is 62.7 Å². The zero-order chi connectivity index (χ0) is 13.4. The van der Waals surface area contributed by atoms with Gasteiger partial charge in [-0.25, -0.2) is 0 Å². The van der Waals surface area contributed by atoms with Crippen LogP contribution in [0.15, 0.2) is 42.5 Å². The smallest absolute Gasteiger partial charge is 0.259 e. The molecular formula is C16H14INO. The summed E-state index contributed by atoms with van der Waals surface area (Å²) in [5.41, 5.74) is 4.30. The minimum absolute atomic E-state index is 0.106. The molecule has 2 nitrogen and oxygen atoms in total. The standard InChI is InChI=1S/C16H14INO/c1-11-6-7-13(14(17)10-11)16(19)18-9-8-12-4-2-3-5-15(12)18/h2-7,10H,8-9H2,1H3. The summed E-state index contributed by atoms with van der Waals surface area (Å²) in [6.45, 7) is 2.82. The van der Waals surface area contributed by atoms with Gasteiger partial charge in [0.2, 0.25) is 0 Å². The second kappa shape index (κ2) is 4.96. The van der Waals surface area contributed by atoms with Gasteiger partial charge in [0.1, 0.15) is 0 Å². The lowest BCUT2D eigenvalue weighted by molar-refractivity contribution is 0.0988. The van der Waals surface area contributed by atoms with Crippen molar-refractivity contribution in [1.82, 2.24) is 0 Å². The van der Waals surface area contributed by atoms with Crippen LogP contribution in [-0.2, 0) is 6.42 Å². The molecule has 0 bridgehead atoms. The molecule has 0 aliphatic carbocycles. The van der Waals surface area contributed by atoms with Crippen molar-refractivity contribution >= 4 is 34.2 Å². The van der Waals surface area contributed by atoms with Crippen molar-refractivity contribution in [3.63, 3.8) is 0 Å². The number of carbonyl (C=O) groups is 1. The summed E-state index contributed by atoms with van der Waals surface area (Å²) in [6, 6.07) is 14.1. The molecule has 19 heavy (non-hydrogen) atoms. The summed E-state index contributed by atoms with van der Waals surface area (Å²) < 4.78 is 1.02. The van der Waals surface area contributed by atoms with Crippen LogP contribution in [0.2, 0.25) is 0 Å². The maximum Gasteiger partial charge on any atom is 0.259 e. The molecule has 3 heteroatoms. The highest BCUT2D eigenvalue weighted by Gasteiger charge is 2.26. The Balaban J connectivity index is 1.98. The third-order valence-electron chi connectivity index (χ3n) is 3.49. The average molecular weight is 363 g/mol. The number of carbonyl (C=O) groups excluding carboxylic acids is 1. The predicted molar refractivity (Wildman–Crippen MR) is 85.7 cm³/mol. The number of halogens is 1. The summed E-state index contributed by atoms with van der Waals surface area (Å²) in [6.07, 6.45) is 0.949. The van der Waals surface area contributed by atoms with E-state index in [1.54, 1.807) is 0 Å². The molecular weight excluding hydrogens is 349 g/mol. The maximum atomic E-state index is 12.7. The van der Waals surface area contributed by atoms with E-state index in [2.05, 4.69) is 34.7 Å². The largest absolute Gasteiger partial charge is 0.308 e. The Hall–Kier alpha value is -1.36. The molecule has 1 aliphatic rings. The van der Waals surface area contributed by atoms with Gasteiger partial charge in [0, 0.05) is 15.8 Å². The van der Waals surface area contributed by atoms with Crippen LogP contribution >= 0.6 is 22.6 Å². The van der Waals surface area contributed by atoms with Crippen LogP contribution in [0, 0.1) is 10.5 Å². The average Bonchev–Trinajstić information content (AvgIpc) is 2.82. The molecule has 1 heterocycles. The monoisotopic (exact) mass is 363 g/mol. The molecule has 1 amide bonds. The fourth-order valence-corrected chi connectivity index (χ4v) is 3.39. The van der Waals surface area contributed by atoms with Gasteiger partial charge in [-0.05, 0) is 59.7 Å². The van der Waals surface area contributed by atoms with Gasteiger partial charge in [0.15, 0.2) is 0 Å². The van der Waals surface area contributed by atoms with Gasteiger partial charge in [-0.15, -0.1) is 0 Å². The van der Waals surface area contributed by atoms with Crippen LogP contribution in [0.5, 0.6) is 0 Å². The molecule has 1 aliphatic heterocycles. The second-order valence-corrected chi connectivity index (χ2v) is 5.98. The minimum atomic E-state index is 0.106. The minimum Gasteiger partial charge on any atom is -0.308 e. The number of hydrogen-bond acceptors (Lipinski definition) is 1. The number of rotatable bonds is 1. The van der Waals surface area contributed by atoms with Gasteiger partial charge < -0.3 is 4.90 Å². The first-order valence-electron chi connectivity index (χ1n) is 6.33. The number of fused-ring (bicyclic) bond motifs is 1. The lowest BCUT2D eigenvalue weighted by Crippen LogP contribution is -2.29. The summed E-state index contributed by atoms with van der Waals surface area (Å²) >= 11 is 2.24. The Morgan fingerprint density at radius 2 is 2.00 bits per heavy atom. The van der Waals surface area contributed by atoms with Crippen LogP contribution in [0.1, 0.15) is 21.5 Å². The van der Waals surface area contributed by atoms with Crippen molar-refractivity contribution in [2.45, 2.75) is 13.3 Å². The Morgan fingerprint density at radius 3 is 2.79 bits per heavy atom. The SMILES string of the molecule is Cc1ccc(C(=O)N2CCc3ccccc32)c(I)c1. The highest BCUT2D eigenvalue weighted by Crippen LogP contribution is 2.29. The highest BCUT2D eigenvalue weighted by atomic mass is 127. The van der Waals surface area contributed by atoms with Gasteiger partial charge in [-0.1, -0.05) is 29.8 Å². The van der Waals surface area contributed by atoms with Gasteiger partial charge in [-0.3, -0.25) is 4.79 Å². The van der Waals surface area contributed by atoms with E-state index in [9.17, 15) is 4.79 Å². The molecule has 0 saturated heterocycles. The van der Waals surface area contributed by atoms with E-state index < -0.39 is 0 Å². The van der Waals surface area contributed by atoms with E-state index >= 15 is 0 Å². The molecule has 2 aromatic rings. The number of para-hydroxylation sites is 1. The molecule has 0 aromatic heterocycles. The first-order chi connectivity index (χ1) is 9.16. The number of hydrogen-bond donors (Lipinski definition) is 0. The fraction of sp³-hybridized carbons (Fsp3) is 0.188. The number of anilines is 1. The Kier molecular flexibility index (Phi) is 3.31. The predicted octanol–water partition coefficient (Wildman–Crippen LogP) is 3.80. The van der Waals surface area contributed by atoms with Gasteiger partial charge >= 0.3 is 0 Å². The summed E-state index contributed by atoms with van der Waals surface area (Å²) in [5.74, 6) is 0.106. The molecule has 0 N–H and O–H groups in total. The maximum absolute atomic E-state index is 12.7. The van der Waals surface area contributed by atoms with E-state index in [0.29, 0.717) is 0 Å². The Labute approximate surface area is 126 Å². The van der Waals surface area contributed by atoms with Crippen LogP contribution in [0.25, 0.3) is 0 Å². The van der Waals surface area contributed by atoms with Crippen molar-refractivity contribution in [3.8, 4) is 0 Å². The molecule has 0 atom stereocenters. The van der Waals surface area contributed by atoms with E-state index in [0.717, 1.165) is 27.8 Å². The first-order valence-corrected chi connectivity index (χ1v) is 7.40. The molecule has 0 spiro atoms. The zero-order valence-electron chi connectivity index (χ0n) is 10.7. The lowest BCUT2D eigenvalue weighted by Gasteiger charge is -2.18. The van der Waals surface area contributed by atoms with Crippen LogP contribution in [-0.4, -0.2) is 12.5 Å². The van der Waals surface area contributed by atoms with Crippen LogP contribution in [0.4, 0.5) is 5.69 Å². The molecule has 2 aromatic carbocycles. The molecule has 0 unspecified atom stereocenters. The van der Waals surface area contributed by atoms with Gasteiger partial charge in [-0.2, -0.15) is 0 Å². The van der Waals surface area contributed by atoms with E-state index in [4.69, 9.17) is 0 Å². The van der Waals surface area contributed by atoms with E-state index in [1.807, 2.05) is 42.2 Å². The third kappa shape index (κ3) is 2.27. The van der Waals surface area contributed by atoms with Gasteiger partial charge in [0.25, 0.3) is 5.91 Å². The molecule has 0 fully saturated rings. The highest BCUT2D eigenvalue weighted by molar-refractivity contribution is 14.1. The summed E-state index contributed by atoms with van der Waals surface area (Å²) in [4.78, 5) is 14.6. The van der Waals surface area contributed by atoms with Crippen LogP contribution in [0.3, 0.4) is 0 Å². The molecule has 96 valence electrons. The molecule has 3 rings (SSSR count). The van der Waals surface area contributed by atoms with Crippen molar-refractivity contribution < 1.29 is 4.79 Å². The molecule has 0 radical (unpaired) electrons. The number of aryl methyl sites for hydroxylation is 1. The Morgan fingerprint density at radius 1 is 1.21 bits per heavy atom. The summed E-state index contributed by atoms with van der Waals surface area (Å²) in [5, 5.41) is 0. The van der Waals surface area contributed by atoms with Crippen molar-refractivity contribution in [2.24, 2.45) is 0 Å². The third-order valence-corrected chi connectivity index (χ3v) is 4.38. The first kappa shape index (κ1) is 12.7. The quantitative estimate of drug-likeness (QED) is 0.706. The van der Waals surface area contributed by atoms with E-state index in [1.165, 1.54) is 11.1 Å². The lowest BCUT2D eigenvalue weighted by atomic mass is 10.1. The van der Waals surface area contributed by atoms with E-state index in [-0.39, 0.29) is 5.91 Å². The van der Waals surface area contributed by atoms with Crippen LogP contribution < -0.4 is 4.90 Å². The van der Waals surface area contributed by atoms with Crippen molar-refractivity contribution in [2.75, 3.05) is 11.4 Å². The van der Waals surface area contributed by atoms with Crippen molar-refractivity contribution in [1.29, 1.82) is 0 Å².